The van der Waals surface area contributed by atoms with Crippen LogP contribution in [0.4, 0.5) is 0 Å². The molecule has 1 atom stereocenters. The molecule has 1 aromatic heterocycles. The van der Waals surface area contributed by atoms with Gasteiger partial charge in [-0.05, 0) is 36.6 Å². The second kappa shape index (κ2) is 5.74. The number of benzene rings is 1. The third kappa shape index (κ3) is 2.59. The normalized spacial score (nSPS) is 18.2. The number of hydrogen-bond donors (Lipinski definition) is 1. The lowest BCUT2D eigenvalue weighted by atomic mass is 10.1. The fourth-order valence-electron chi connectivity index (χ4n) is 3.00. The van der Waals surface area contributed by atoms with Gasteiger partial charge in [-0.3, -0.25) is 4.79 Å². The molecule has 4 nitrogen and oxygen atoms in total. The zero-order valence-electron chi connectivity index (χ0n) is 12.3. The summed E-state index contributed by atoms with van der Waals surface area (Å²) >= 11 is 0. The third-order valence-electron chi connectivity index (χ3n) is 4.32. The van der Waals surface area contributed by atoms with Crippen LogP contribution in [0, 0.1) is 5.92 Å². The topological polar surface area (TPSA) is 51.3 Å². The molecule has 1 aliphatic heterocycles. The van der Waals surface area contributed by atoms with E-state index in [1.165, 1.54) is 0 Å². The Morgan fingerprint density at radius 2 is 2.00 bits per heavy atom. The lowest BCUT2D eigenvalue weighted by Crippen LogP contribution is -2.31. The van der Waals surface area contributed by atoms with Gasteiger partial charge in [0.1, 0.15) is 5.69 Å². The third-order valence-corrected chi connectivity index (χ3v) is 4.32. The first-order valence-electron chi connectivity index (χ1n) is 7.41. The van der Waals surface area contributed by atoms with Crippen LogP contribution in [0.1, 0.15) is 16.9 Å². The molecule has 0 radical (unpaired) electrons. The van der Waals surface area contributed by atoms with E-state index >= 15 is 0 Å². The van der Waals surface area contributed by atoms with Gasteiger partial charge in [-0.25, -0.2) is 0 Å². The quantitative estimate of drug-likeness (QED) is 0.938. The van der Waals surface area contributed by atoms with Crippen LogP contribution in [0.25, 0.3) is 11.3 Å². The molecule has 110 valence electrons. The Morgan fingerprint density at radius 3 is 2.67 bits per heavy atom. The summed E-state index contributed by atoms with van der Waals surface area (Å²) in [6, 6.07) is 14.1. The van der Waals surface area contributed by atoms with Gasteiger partial charge in [0.05, 0.1) is 0 Å². The van der Waals surface area contributed by atoms with E-state index in [0.717, 1.165) is 36.5 Å². The fourth-order valence-corrected chi connectivity index (χ4v) is 3.00. The molecular weight excluding hydrogens is 262 g/mol. The number of likely N-dealkylation sites (tertiary alicyclic amines) is 1. The van der Waals surface area contributed by atoms with Crippen molar-refractivity contribution in [3.05, 3.63) is 48.2 Å². The lowest BCUT2D eigenvalue weighted by molar-refractivity contribution is 0.0778. The summed E-state index contributed by atoms with van der Waals surface area (Å²) in [4.78, 5) is 14.6. The zero-order valence-corrected chi connectivity index (χ0v) is 12.3. The van der Waals surface area contributed by atoms with Gasteiger partial charge in [-0.15, -0.1) is 0 Å². The van der Waals surface area contributed by atoms with Gasteiger partial charge in [0.15, 0.2) is 0 Å². The molecule has 3 rings (SSSR count). The number of rotatable bonds is 3. The van der Waals surface area contributed by atoms with E-state index in [4.69, 9.17) is 5.73 Å². The van der Waals surface area contributed by atoms with Gasteiger partial charge in [-0.2, -0.15) is 0 Å². The van der Waals surface area contributed by atoms with E-state index in [1.807, 2.05) is 46.8 Å². The number of nitrogens with two attached hydrogens (primary N) is 1. The Hall–Kier alpha value is -2.07. The van der Waals surface area contributed by atoms with Crippen LogP contribution >= 0.6 is 0 Å². The monoisotopic (exact) mass is 283 g/mol. The van der Waals surface area contributed by atoms with E-state index < -0.39 is 0 Å². The fraction of sp³-hybridized carbons (Fsp3) is 0.353. The number of carbonyl (C=O) groups is 1. The van der Waals surface area contributed by atoms with E-state index in [1.54, 1.807) is 0 Å². The minimum atomic E-state index is 0.107. The van der Waals surface area contributed by atoms with Crippen molar-refractivity contribution in [3.63, 3.8) is 0 Å². The molecule has 1 amide bonds. The SMILES string of the molecule is Cn1c(C(=O)N2CCC(CN)C2)ccc1-c1ccccc1. The molecule has 1 saturated heterocycles. The van der Waals surface area contributed by atoms with Gasteiger partial charge in [0.2, 0.25) is 0 Å². The Kier molecular flexibility index (Phi) is 3.80. The van der Waals surface area contributed by atoms with Gasteiger partial charge in [-0.1, -0.05) is 30.3 Å². The van der Waals surface area contributed by atoms with Crippen LogP contribution in [0.15, 0.2) is 42.5 Å². The first-order valence-corrected chi connectivity index (χ1v) is 7.41. The summed E-state index contributed by atoms with van der Waals surface area (Å²) in [5.74, 6) is 0.554. The highest BCUT2D eigenvalue weighted by atomic mass is 16.2. The standard InChI is InChI=1S/C17H21N3O/c1-19-15(14-5-3-2-4-6-14)7-8-16(19)17(21)20-10-9-13(11-18)12-20/h2-8,13H,9-12,18H2,1H3. The summed E-state index contributed by atoms with van der Waals surface area (Å²) < 4.78 is 1.98. The highest BCUT2D eigenvalue weighted by molar-refractivity contribution is 5.94. The van der Waals surface area contributed by atoms with Crippen molar-refractivity contribution in [2.24, 2.45) is 18.7 Å². The largest absolute Gasteiger partial charge is 0.340 e. The molecule has 1 unspecified atom stereocenters. The van der Waals surface area contributed by atoms with Crippen LogP contribution in [0.3, 0.4) is 0 Å². The van der Waals surface area contributed by atoms with Gasteiger partial charge < -0.3 is 15.2 Å². The summed E-state index contributed by atoms with van der Waals surface area (Å²) in [7, 11) is 1.95. The number of aromatic nitrogens is 1. The Morgan fingerprint density at radius 1 is 1.24 bits per heavy atom. The number of hydrogen-bond acceptors (Lipinski definition) is 2. The van der Waals surface area contributed by atoms with Crippen LogP contribution in [0.5, 0.6) is 0 Å². The number of amides is 1. The molecule has 0 aliphatic carbocycles. The predicted molar refractivity (Wildman–Crippen MR) is 83.9 cm³/mol. The van der Waals surface area contributed by atoms with Gasteiger partial charge in [0, 0.05) is 25.8 Å². The maximum absolute atomic E-state index is 12.6. The minimum Gasteiger partial charge on any atom is -0.340 e. The highest BCUT2D eigenvalue weighted by Gasteiger charge is 2.27. The van der Waals surface area contributed by atoms with Gasteiger partial charge in [0.25, 0.3) is 5.91 Å². The molecule has 4 heteroatoms. The highest BCUT2D eigenvalue weighted by Crippen LogP contribution is 2.24. The Labute approximate surface area is 125 Å². The predicted octanol–water partition coefficient (Wildman–Crippen LogP) is 2.11. The summed E-state index contributed by atoms with van der Waals surface area (Å²) in [6.07, 6.45) is 1.01. The molecule has 1 fully saturated rings. The van der Waals surface area contributed by atoms with Crippen LogP contribution < -0.4 is 5.73 Å². The number of carbonyl (C=O) groups excluding carboxylic acids is 1. The molecule has 21 heavy (non-hydrogen) atoms. The zero-order chi connectivity index (χ0) is 14.8. The van der Waals surface area contributed by atoms with Crippen molar-refractivity contribution in [1.29, 1.82) is 0 Å². The Balaban J connectivity index is 1.84. The van der Waals surface area contributed by atoms with Crippen LogP contribution in [0.2, 0.25) is 0 Å². The number of nitrogens with zero attached hydrogens (tertiary/aromatic N) is 2. The van der Waals surface area contributed by atoms with E-state index in [2.05, 4.69) is 12.1 Å². The summed E-state index contributed by atoms with van der Waals surface area (Å²) in [5.41, 5.74) is 8.63. The second-order valence-electron chi connectivity index (χ2n) is 5.67. The minimum absolute atomic E-state index is 0.107. The summed E-state index contributed by atoms with van der Waals surface area (Å²) in [6.45, 7) is 2.25. The van der Waals surface area contributed by atoms with E-state index in [0.29, 0.717) is 12.5 Å². The van der Waals surface area contributed by atoms with Crippen LogP contribution in [-0.2, 0) is 7.05 Å². The van der Waals surface area contributed by atoms with Crippen molar-refractivity contribution in [2.75, 3.05) is 19.6 Å². The second-order valence-corrected chi connectivity index (χ2v) is 5.67. The maximum Gasteiger partial charge on any atom is 0.270 e. The van der Waals surface area contributed by atoms with E-state index in [-0.39, 0.29) is 5.91 Å². The van der Waals surface area contributed by atoms with Gasteiger partial charge >= 0.3 is 0 Å². The molecule has 1 aromatic carbocycles. The Bertz CT molecular complexity index is 633. The van der Waals surface area contributed by atoms with Crippen LogP contribution in [-0.4, -0.2) is 35.0 Å². The first-order chi connectivity index (χ1) is 10.2. The smallest absolute Gasteiger partial charge is 0.270 e. The van der Waals surface area contributed by atoms with E-state index in [9.17, 15) is 4.79 Å². The molecule has 2 N–H and O–H groups in total. The van der Waals surface area contributed by atoms with Crippen molar-refractivity contribution >= 4 is 5.91 Å². The molecule has 0 bridgehead atoms. The van der Waals surface area contributed by atoms with Crippen molar-refractivity contribution in [2.45, 2.75) is 6.42 Å². The molecular formula is C17H21N3O. The maximum atomic E-state index is 12.6. The molecule has 2 heterocycles. The first kappa shape index (κ1) is 13.9. The average Bonchev–Trinajstić information content (AvgIpc) is 3.14. The summed E-state index contributed by atoms with van der Waals surface area (Å²) in [5, 5.41) is 0. The lowest BCUT2D eigenvalue weighted by Gasteiger charge is -2.17. The molecule has 0 spiro atoms. The molecule has 0 saturated carbocycles. The molecule has 2 aromatic rings. The van der Waals surface area contributed by atoms with Crippen molar-refractivity contribution in [3.8, 4) is 11.3 Å². The van der Waals surface area contributed by atoms with Crippen molar-refractivity contribution < 1.29 is 4.79 Å². The average molecular weight is 283 g/mol. The molecule has 1 aliphatic rings. The van der Waals surface area contributed by atoms with Crippen molar-refractivity contribution in [1.82, 2.24) is 9.47 Å².